The van der Waals surface area contributed by atoms with E-state index in [4.69, 9.17) is 4.74 Å². The lowest BCUT2D eigenvalue weighted by atomic mass is 9.85. The van der Waals surface area contributed by atoms with Gasteiger partial charge in [-0.15, -0.1) is 0 Å². The molecule has 8 heteroatoms. The normalized spacial score (nSPS) is 22.4. The van der Waals surface area contributed by atoms with Crippen molar-refractivity contribution in [1.82, 2.24) is 9.78 Å². The van der Waals surface area contributed by atoms with Crippen LogP contribution in [0, 0.1) is 5.82 Å². The van der Waals surface area contributed by atoms with Crippen LogP contribution in [0.1, 0.15) is 25.5 Å². The first-order chi connectivity index (χ1) is 7.50. The maximum absolute atomic E-state index is 13.0. The third-order valence-corrected chi connectivity index (χ3v) is 2.53. The van der Waals surface area contributed by atoms with Gasteiger partial charge in [0, 0.05) is 12.2 Å². The van der Waals surface area contributed by atoms with Crippen LogP contribution in [0.2, 0.25) is 0 Å². The van der Waals surface area contributed by atoms with E-state index >= 15 is 0 Å². The van der Waals surface area contributed by atoms with Crippen molar-refractivity contribution in [2.75, 3.05) is 6.61 Å². The molecule has 1 fully saturated rings. The smallest absolute Gasteiger partial charge is 0.444 e. The van der Waals surface area contributed by atoms with Gasteiger partial charge in [0.05, 0.1) is 6.20 Å². The van der Waals surface area contributed by atoms with Crippen LogP contribution < -0.4 is 5.59 Å². The number of halogens is 4. The Labute approximate surface area is 89.4 Å². The van der Waals surface area contributed by atoms with Crippen LogP contribution in [0.4, 0.5) is 17.3 Å². The molecule has 1 aromatic heterocycles. The molecule has 1 aromatic rings. The van der Waals surface area contributed by atoms with Crippen LogP contribution in [-0.4, -0.2) is 23.4 Å². The second kappa shape index (κ2) is 4.08. The first-order valence-electron chi connectivity index (χ1n) is 5.04. The fourth-order valence-electron chi connectivity index (χ4n) is 1.80. The Balaban J connectivity index is 2.33. The summed E-state index contributed by atoms with van der Waals surface area (Å²) in [6.45, 7) is -5.02. The van der Waals surface area contributed by atoms with E-state index in [2.05, 4.69) is 5.10 Å². The fourth-order valence-corrected chi connectivity index (χ4v) is 1.80. The minimum atomic E-state index is -5.41. The standard InChI is InChI=1S/C8H10BF4N2O/c10-6-5-14-15(8(6)9(11,12)13)7-3-1-2-4-16-7/h5,7H,1-4H2/q-1. The quantitative estimate of drug-likeness (QED) is 0.579. The summed E-state index contributed by atoms with van der Waals surface area (Å²) in [4.78, 5) is 0. The van der Waals surface area contributed by atoms with E-state index < -0.39 is 24.6 Å². The van der Waals surface area contributed by atoms with Crippen LogP contribution in [0.15, 0.2) is 6.20 Å². The molecule has 0 amide bonds. The molecule has 1 aliphatic rings. The average Bonchev–Trinajstić information content (AvgIpc) is 2.61. The largest absolute Gasteiger partial charge is 0.530 e. The minimum absolute atomic E-state index is 0.385. The van der Waals surface area contributed by atoms with Crippen molar-refractivity contribution < 1.29 is 22.1 Å². The maximum atomic E-state index is 13.0. The molecule has 0 N–H and O–H groups in total. The lowest BCUT2D eigenvalue weighted by molar-refractivity contribution is -0.0381. The molecule has 0 aromatic carbocycles. The SMILES string of the molecule is Fc1cnn(C2CCCCO2)c1[B-](F)(F)F. The molecule has 0 bridgehead atoms. The van der Waals surface area contributed by atoms with Gasteiger partial charge in [-0.1, -0.05) is 0 Å². The summed E-state index contributed by atoms with van der Waals surface area (Å²) in [7, 11) is 0. The predicted molar refractivity (Wildman–Crippen MR) is 49.7 cm³/mol. The molecule has 0 aliphatic carbocycles. The van der Waals surface area contributed by atoms with Gasteiger partial charge < -0.3 is 17.7 Å². The van der Waals surface area contributed by atoms with Crippen LogP contribution in [0.25, 0.3) is 0 Å². The number of aromatic nitrogens is 2. The Morgan fingerprint density at radius 1 is 1.38 bits per heavy atom. The van der Waals surface area contributed by atoms with Gasteiger partial charge in [-0.2, -0.15) is 5.10 Å². The van der Waals surface area contributed by atoms with E-state index in [-0.39, 0.29) is 0 Å². The summed E-state index contributed by atoms with van der Waals surface area (Å²) >= 11 is 0. The first kappa shape index (κ1) is 11.4. The molecular weight excluding hydrogens is 227 g/mol. The number of nitrogens with zero attached hydrogens (tertiary/aromatic N) is 2. The van der Waals surface area contributed by atoms with E-state index in [9.17, 15) is 17.3 Å². The molecule has 2 rings (SSSR count). The zero-order valence-corrected chi connectivity index (χ0v) is 8.38. The van der Waals surface area contributed by atoms with Crippen molar-refractivity contribution >= 4 is 12.6 Å². The highest BCUT2D eigenvalue weighted by molar-refractivity contribution is 6.72. The predicted octanol–water partition coefficient (Wildman–Crippen LogP) is 1.78. The Bertz CT molecular complexity index is 373. The number of hydrogen-bond acceptors (Lipinski definition) is 2. The van der Waals surface area contributed by atoms with Gasteiger partial charge >= 0.3 is 6.98 Å². The van der Waals surface area contributed by atoms with Gasteiger partial charge in [0.2, 0.25) is 0 Å². The van der Waals surface area contributed by atoms with Crippen molar-refractivity contribution in [1.29, 1.82) is 0 Å². The fraction of sp³-hybridized carbons (Fsp3) is 0.625. The van der Waals surface area contributed by atoms with Crippen LogP contribution in [-0.2, 0) is 4.74 Å². The van der Waals surface area contributed by atoms with Crippen LogP contribution >= 0.6 is 0 Å². The third kappa shape index (κ3) is 2.06. The molecule has 1 saturated heterocycles. The lowest BCUT2D eigenvalue weighted by Gasteiger charge is -2.27. The van der Waals surface area contributed by atoms with Gasteiger partial charge in [-0.25, -0.2) is 4.39 Å². The molecule has 90 valence electrons. The zero-order chi connectivity index (χ0) is 11.8. The molecule has 16 heavy (non-hydrogen) atoms. The summed E-state index contributed by atoms with van der Waals surface area (Å²) in [5.74, 6) is -1.33. The lowest BCUT2D eigenvalue weighted by Crippen LogP contribution is -2.44. The van der Waals surface area contributed by atoms with Crippen LogP contribution in [0.5, 0.6) is 0 Å². The molecular formula is C8H10BF4N2O-. The van der Waals surface area contributed by atoms with Crippen molar-refractivity contribution in [2.24, 2.45) is 0 Å². The first-order valence-corrected chi connectivity index (χ1v) is 5.04. The topological polar surface area (TPSA) is 27.1 Å². The summed E-state index contributed by atoms with van der Waals surface area (Å²) in [6, 6.07) is 0. The molecule has 0 spiro atoms. The zero-order valence-electron chi connectivity index (χ0n) is 8.38. The third-order valence-electron chi connectivity index (χ3n) is 2.53. The number of hydrogen-bond donors (Lipinski definition) is 0. The van der Waals surface area contributed by atoms with Crippen molar-refractivity contribution in [3.63, 3.8) is 0 Å². The molecule has 1 aliphatic heterocycles. The molecule has 3 nitrogen and oxygen atoms in total. The highest BCUT2D eigenvalue weighted by atomic mass is 19.4. The Kier molecular flexibility index (Phi) is 2.92. The van der Waals surface area contributed by atoms with Gasteiger partial charge in [-0.3, -0.25) is 4.68 Å². The van der Waals surface area contributed by atoms with E-state index in [1.54, 1.807) is 0 Å². The Hall–Kier alpha value is -1.05. The van der Waals surface area contributed by atoms with Crippen molar-refractivity contribution in [3.8, 4) is 0 Å². The monoisotopic (exact) mass is 237 g/mol. The maximum Gasteiger partial charge on any atom is 0.530 e. The Morgan fingerprint density at radius 2 is 2.12 bits per heavy atom. The van der Waals surface area contributed by atoms with E-state index in [1.807, 2.05) is 0 Å². The van der Waals surface area contributed by atoms with Gasteiger partial charge in [-0.05, 0) is 19.3 Å². The summed E-state index contributed by atoms with van der Waals surface area (Å²) < 4.78 is 56.6. The van der Waals surface area contributed by atoms with Crippen molar-refractivity contribution in [2.45, 2.75) is 25.5 Å². The van der Waals surface area contributed by atoms with E-state index in [0.29, 0.717) is 23.9 Å². The summed E-state index contributed by atoms with van der Waals surface area (Å²) in [6.07, 6.45) is 1.79. The van der Waals surface area contributed by atoms with E-state index in [1.165, 1.54) is 0 Å². The molecule has 0 saturated carbocycles. The second-order valence-corrected chi connectivity index (χ2v) is 3.72. The van der Waals surface area contributed by atoms with E-state index in [0.717, 1.165) is 12.8 Å². The molecule has 2 heterocycles. The molecule has 1 unspecified atom stereocenters. The highest BCUT2D eigenvalue weighted by Gasteiger charge is 2.36. The van der Waals surface area contributed by atoms with Gasteiger partial charge in [0.25, 0.3) is 0 Å². The highest BCUT2D eigenvalue weighted by Crippen LogP contribution is 2.23. The van der Waals surface area contributed by atoms with Gasteiger partial charge in [0.1, 0.15) is 12.0 Å². The second-order valence-electron chi connectivity index (χ2n) is 3.72. The molecule has 0 radical (unpaired) electrons. The Morgan fingerprint density at radius 3 is 2.69 bits per heavy atom. The average molecular weight is 237 g/mol. The minimum Gasteiger partial charge on any atom is -0.444 e. The number of rotatable bonds is 2. The van der Waals surface area contributed by atoms with Gasteiger partial charge in [0.15, 0.2) is 0 Å². The van der Waals surface area contributed by atoms with Crippen LogP contribution in [0.3, 0.4) is 0 Å². The summed E-state index contributed by atoms with van der Waals surface area (Å²) in [5.41, 5.74) is -1.30. The number of ether oxygens (including phenoxy) is 1. The molecule has 1 atom stereocenters. The van der Waals surface area contributed by atoms with Crippen molar-refractivity contribution in [3.05, 3.63) is 12.0 Å². The summed E-state index contributed by atoms with van der Waals surface area (Å²) in [5, 5.41) is 3.42.